The second-order valence-corrected chi connectivity index (χ2v) is 6.19. The van der Waals surface area contributed by atoms with Gasteiger partial charge in [0.15, 0.2) is 5.82 Å². The highest BCUT2D eigenvalue weighted by atomic mass is 16.5. The summed E-state index contributed by atoms with van der Waals surface area (Å²) in [6.45, 7) is 9.15. The number of hydrogen-bond donors (Lipinski definition) is 1. The third-order valence-corrected chi connectivity index (χ3v) is 4.18. The number of nitrogens with one attached hydrogen (secondary N) is 1. The van der Waals surface area contributed by atoms with Crippen LogP contribution in [0.1, 0.15) is 68.4 Å². The van der Waals surface area contributed by atoms with Crippen molar-refractivity contribution in [2.24, 2.45) is 5.92 Å². The van der Waals surface area contributed by atoms with Gasteiger partial charge in [0.05, 0.1) is 11.4 Å². The molecule has 0 bridgehead atoms. The molecule has 1 unspecified atom stereocenters. The smallest absolute Gasteiger partial charge is 0.157 e. The molecule has 4 heteroatoms. The Morgan fingerprint density at radius 2 is 2.10 bits per heavy atom. The SMILES string of the molecule is CCOC(c1nc2c(c(C(C)C)n1)CNCC2)C1CC1. The van der Waals surface area contributed by atoms with Gasteiger partial charge in [-0.1, -0.05) is 13.8 Å². The number of hydrogen-bond acceptors (Lipinski definition) is 4. The number of rotatable bonds is 5. The zero-order chi connectivity index (χ0) is 14.1. The lowest BCUT2D eigenvalue weighted by Crippen LogP contribution is -2.28. The summed E-state index contributed by atoms with van der Waals surface area (Å²) in [6, 6.07) is 0. The second kappa shape index (κ2) is 5.78. The summed E-state index contributed by atoms with van der Waals surface area (Å²) < 4.78 is 5.94. The standard InChI is InChI=1S/C16H25N3O/c1-4-20-15(11-5-6-11)16-18-13-7-8-17-9-12(13)14(19-16)10(2)3/h10-11,15,17H,4-9H2,1-3H3. The van der Waals surface area contributed by atoms with Crippen LogP contribution in [0.25, 0.3) is 0 Å². The molecule has 0 aromatic carbocycles. The molecule has 0 radical (unpaired) electrons. The summed E-state index contributed by atoms with van der Waals surface area (Å²) in [6.07, 6.45) is 3.62. The number of fused-ring (bicyclic) bond motifs is 1. The Balaban J connectivity index is 2.00. The Bertz CT molecular complexity index is 483. The fraction of sp³-hybridized carbons (Fsp3) is 0.750. The molecule has 0 saturated heterocycles. The maximum absolute atomic E-state index is 5.94. The van der Waals surface area contributed by atoms with Crippen LogP contribution in [0.4, 0.5) is 0 Å². The van der Waals surface area contributed by atoms with Crippen LogP contribution in [0.15, 0.2) is 0 Å². The Kier molecular flexibility index (Phi) is 4.03. The summed E-state index contributed by atoms with van der Waals surface area (Å²) in [7, 11) is 0. The van der Waals surface area contributed by atoms with E-state index < -0.39 is 0 Å². The van der Waals surface area contributed by atoms with E-state index in [4.69, 9.17) is 14.7 Å². The van der Waals surface area contributed by atoms with E-state index in [1.54, 1.807) is 0 Å². The Morgan fingerprint density at radius 1 is 1.30 bits per heavy atom. The monoisotopic (exact) mass is 275 g/mol. The zero-order valence-corrected chi connectivity index (χ0v) is 12.8. The van der Waals surface area contributed by atoms with Gasteiger partial charge in [0.1, 0.15) is 6.10 Å². The van der Waals surface area contributed by atoms with E-state index in [9.17, 15) is 0 Å². The lowest BCUT2D eigenvalue weighted by molar-refractivity contribution is 0.0396. The summed E-state index contributed by atoms with van der Waals surface area (Å²) in [5.74, 6) is 2.00. The van der Waals surface area contributed by atoms with Crippen molar-refractivity contribution >= 4 is 0 Å². The fourth-order valence-electron chi connectivity index (χ4n) is 2.99. The van der Waals surface area contributed by atoms with Gasteiger partial charge in [-0.25, -0.2) is 9.97 Å². The van der Waals surface area contributed by atoms with Gasteiger partial charge in [-0.15, -0.1) is 0 Å². The quantitative estimate of drug-likeness (QED) is 0.897. The average Bonchev–Trinajstić information content (AvgIpc) is 3.28. The highest BCUT2D eigenvalue weighted by molar-refractivity contribution is 5.31. The normalized spacial score (nSPS) is 20.0. The van der Waals surface area contributed by atoms with Crippen LogP contribution in [0.2, 0.25) is 0 Å². The molecule has 1 aromatic rings. The van der Waals surface area contributed by atoms with Crippen molar-refractivity contribution in [2.75, 3.05) is 13.2 Å². The molecule has 2 heterocycles. The number of nitrogens with zero attached hydrogens (tertiary/aromatic N) is 2. The van der Waals surface area contributed by atoms with Crippen molar-refractivity contribution in [3.05, 3.63) is 22.8 Å². The van der Waals surface area contributed by atoms with E-state index in [1.165, 1.54) is 29.8 Å². The molecule has 1 saturated carbocycles. The lowest BCUT2D eigenvalue weighted by Gasteiger charge is -2.24. The minimum absolute atomic E-state index is 0.109. The van der Waals surface area contributed by atoms with Crippen LogP contribution in [0.5, 0.6) is 0 Å². The molecule has 1 N–H and O–H groups in total. The zero-order valence-electron chi connectivity index (χ0n) is 12.8. The maximum Gasteiger partial charge on any atom is 0.157 e. The van der Waals surface area contributed by atoms with Gasteiger partial charge in [0.25, 0.3) is 0 Å². The molecule has 1 aromatic heterocycles. The second-order valence-electron chi connectivity index (χ2n) is 6.19. The minimum Gasteiger partial charge on any atom is -0.370 e. The summed E-state index contributed by atoms with van der Waals surface area (Å²) in [5.41, 5.74) is 3.77. The van der Waals surface area contributed by atoms with Crippen molar-refractivity contribution in [1.29, 1.82) is 0 Å². The van der Waals surface area contributed by atoms with Gasteiger partial charge in [-0.3, -0.25) is 0 Å². The van der Waals surface area contributed by atoms with Crippen molar-refractivity contribution in [3.8, 4) is 0 Å². The maximum atomic E-state index is 5.94. The predicted octanol–water partition coefficient (Wildman–Crippen LogP) is 2.73. The van der Waals surface area contributed by atoms with Crippen molar-refractivity contribution in [1.82, 2.24) is 15.3 Å². The first-order chi connectivity index (χ1) is 9.70. The minimum atomic E-state index is 0.109. The van der Waals surface area contributed by atoms with Crippen LogP contribution < -0.4 is 5.32 Å². The van der Waals surface area contributed by atoms with Gasteiger partial charge in [-0.05, 0) is 31.6 Å². The van der Waals surface area contributed by atoms with Crippen molar-refractivity contribution in [2.45, 2.75) is 58.6 Å². The van der Waals surface area contributed by atoms with Gasteiger partial charge < -0.3 is 10.1 Å². The first-order valence-electron chi connectivity index (χ1n) is 7.92. The summed E-state index contributed by atoms with van der Waals surface area (Å²) >= 11 is 0. The first kappa shape index (κ1) is 14.0. The Labute approximate surface area is 121 Å². The molecule has 0 amide bonds. The van der Waals surface area contributed by atoms with Crippen LogP contribution in [-0.2, 0) is 17.7 Å². The first-order valence-corrected chi connectivity index (χ1v) is 7.92. The molecular weight excluding hydrogens is 250 g/mol. The summed E-state index contributed by atoms with van der Waals surface area (Å²) in [5, 5.41) is 3.43. The molecule has 110 valence electrons. The molecule has 2 aliphatic rings. The molecule has 1 fully saturated rings. The van der Waals surface area contributed by atoms with E-state index in [-0.39, 0.29) is 6.10 Å². The Morgan fingerprint density at radius 3 is 2.75 bits per heavy atom. The summed E-state index contributed by atoms with van der Waals surface area (Å²) in [4.78, 5) is 9.75. The molecule has 0 spiro atoms. The van der Waals surface area contributed by atoms with E-state index in [2.05, 4.69) is 26.1 Å². The van der Waals surface area contributed by atoms with Gasteiger partial charge >= 0.3 is 0 Å². The highest BCUT2D eigenvalue weighted by Crippen LogP contribution is 2.42. The average molecular weight is 275 g/mol. The van der Waals surface area contributed by atoms with Crippen molar-refractivity contribution < 1.29 is 4.74 Å². The third kappa shape index (κ3) is 2.72. The van der Waals surface area contributed by atoms with E-state index in [1.807, 2.05) is 0 Å². The van der Waals surface area contributed by atoms with E-state index in [0.29, 0.717) is 11.8 Å². The molecule has 20 heavy (non-hydrogen) atoms. The van der Waals surface area contributed by atoms with Crippen LogP contribution >= 0.6 is 0 Å². The van der Waals surface area contributed by atoms with Crippen LogP contribution in [-0.4, -0.2) is 23.1 Å². The van der Waals surface area contributed by atoms with Crippen LogP contribution in [0.3, 0.4) is 0 Å². The predicted molar refractivity (Wildman–Crippen MR) is 78.6 cm³/mol. The third-order valence-electron chi connectivity index (χ3n) is 4.18. The molecule has 1 aliphatic heterocycles. The Hall–Kier alpha value is -1.00. The fourth-order valence-corrected chi connectivity index (χ4v) is 2.99. The van der Waals surface area contributed by atoms with Gasteiger partial charge in [0.2, 0.25) is 0 Å². The molecule has 3 rings (SSSR count). The van der Waals surface area contributed by atoms with Crippen molar-refractivity contribution in [3.63, 3.8) is 0 Å². The molecule has 1 atom stereocenters. The largest absolute Gasteiger partial charge is 0.370 e. The topological polar surface area (TPSA) is 47.0 Å². The number of ether oxygens (including phenoxy) is 1. The molecule has 1 aliphatic carbocycles. The van der Waals surface area contributed by atoms with E-state index >= 15 is 0 Å². The molecular formula is C16H25N3O. The van der Waals surface area contributed by atoms with Gasteiger partial charge in [-0.2, -0.15) is 0 Å². The number of aromatic nitrogens is 2. The lowest BCUT2D eigenvalue weighted by atomic mass is 9.98. The van der Waals surface area contributed by atoms with Crippen LogP contribution in [0, 0.1) is 5.92 Å². The highest BCUT2D eigenvalue weighted by Gasteiger charge is 2.36. The van der Waals surface area contributed by atoms with E-state index in [0.717, 1.165) is 31.9 Å². The molecule has 4 nitrogen and oxygen atoms in total. The van der Waals surface area contributed by atoms with Gasteiger partial charge in [0, 0.05) is 31.7 Å².